The molecule has 0 heterocycles. The summed E-state index contributed by atoms with van der Waals surface area (Å²) in [6.07, 6.45) is 9.66. The third kappa shape index (κ3) is 3.70. The van der Waals surface area contributed by atoms with Crippen molar-refractivity contribution in [2.24, 2.45) is 17.6 Å². The Hall–Kier alpha value is -0.570. The Morgan fingerprint density at radius 3 is 2.53 bits per heavy atom. The first-order valence-corrected chi connectivity index (χ1v) is 7.21. The highest BCUT2D eigenvalue weighted by atomic mass is 16.2. The van der Waals surface area contributed by atoms with E-state index in [0.29, 0.717) is 12.0 Å². The zero-order valence-electron chi connectivity index (χ0n) is 11.0. The first kappa shape index (κ1) is 12.9. The molecule has 0 aromatic carbocycles. The lowest BCUT2D eigenvalue weighted by atomic mass is 9.81. The summed E-state index contributed by atoms with van der Waals surface area (Å²) in [4.78, 5) is 11.9. The van der Waals surface area contributed by atoms with Crippen molar-refractivity contribution in [3.63, 3.8) is 0 Å². The van der Waals surface area contributed by atoms with Crippen molar-refractivity contribution in [3.8, 4) is 0 Å². The Labute approximate surface area is 105 Å². The summed E-state index contributed by atoms with van der Waals surface area (Å²) in [7, 11) is 0. The van der Waals surface area contributed by atoms with Gasteiger partial charge in [-0.25, -0.2) is 0 Å². The number of rotatable bonds is 4. The van der Waals surface area contributed by atoms with Crippen LogP contribution in [0.3, 0.4) is 0 Å². The summed E-state index contributed by atoms with van der Waals surface area (Å²) < 4.78 is 0. The number of nitrogens with two attached hydrogens (primary N) is 1. The SMILES string of the molecule is CC1CC(NC(=O)C(N)CC2CCCCC2)C1. The first-order chi connectivity index (χ1) is 8.15. The van der Waals surface area contributed by atoms with E-state index >= 15 is 0 Å². The van der Waals surface area contributed by atoms with Crippen LogP contribution in [-0.4, -0.2) is 18.0 Å². The molecule has 0 bridgehead atoms. The van der Waals surface area contributed by atoms with Gasteiger partial charge in [-0.3, -0.25) is 4.79 Å². The van der Waals surface area contributed by atoms with Gasteiger partial charge in [0.05, 0.1) is 6.04 Å². The smallest absolute Gasteiger partial charge is 0.237 e. The monoisotopic (exact) mass is 238 g/mol. The van der Waals surface area contributed by atoms with Gasteiger partial charge in [0.25, 0.3) is 0 Å². The van der Waals surface area contributed by atoms with Gasteiger partial charge >= 0.3 is 0 Å². The maximum atomic E-state index is 11.9. The van der Waals surface area contributed by atoms with Crippen LogP contribution in [0.5, 0.6) is 0 Å². The second-order valence-corrected chi connectivity index (χ2v) is 6.13. The van der Waals surface area contributed by atoms with E-state index in [4.69, 9.17) is 5.73 Å². The molecule has 17 heavy (non-hydrogen) atoms. The van der Waals surface area contributed by atoms with Crippen molar-refractivity contribution in [1.29, 1.82) is 0 Å². The Kier molecular flexibility index (Phi) is 4.43. The molecule has 0 aromatic heterocycles. The molecule has 1 amide bonds. The van der Waals surface area contributed by atoms with Gasteiger partial charge in [-0.05, 0) is 31.1 Å². The average molecular weight is 238 g/mol. The van der Waals surface area contributed by atoms with Gasteiger partial charge < -0.3 is 11.1 Å². The summed E-state index contributed by atoms with van der Waals surface area (Å²) in [5.41, 5.74) is 6.00. The van der Waals surface area contributed by atoms with E-state index in [1.54, 1.807) is 0 Å². The van der Waals surface area contributed by atoms with Crippen molar-refractivity contribution in [2.75, 3.05) is 0 Å². The normalized spacial score (nSPS) is 31.6. The number of carbonyl (C=O) groups excluding carboxylic acids is 1. The molecule has 2 aliphatic carbocycles. The van der Waals surface area contributed by atoms with Gasteiger partial charge in [0.15, 0.2) is 0 Å². The van der Waals surface area contributed by atoms with Gasteiger partial charge in [-0.15, -0.1) is 0 Å². The van der Waals surface area contributed by atoms with Crippen LogP contribution in [0.15, 0.2) is 0 Å². The van der Waals surface area contributed by atoms with Crippen LogP contribution in [0.1, 0.15) is 58.3 Å². The molecule has 3 nitrogen and oxygen atoms in total. The van der Waals surface area contributed by atoms with E-state index in [1.165, 1.54) is 32.1 Å². The van der Waals surface area contributed by atoms with Crippen LogP contribution in [0.25, 0.3) is 0 Å². The average Bonchev–Trinajstić information content (AvgIpc) is 2.28. The number of nitrogens with one attached hydrogen (secondary N) is 1. The van der Waals surface area contributed by atoms with Gasteiger partial charge in [-0.1, -0.05) is 39.0 Å². The Bertz CT molecular complexity index is 255. The fourth-order valence-corrected chi connectivity index (χ4v) is 3.22. The molecule has 0 radical (unpaired) electrons. The van der Waals surface area contributed by atoms with Crippen LogP contribution in [0.2, 0.25) is 0 Å². The highest BCUT2D eigenvalue weighted by Crippen LogP contribution is 2.28. The van der Waals surface area contributed by atoms with Crippen LogP contribution in [-0.2, 0) is 4.79 Å². The molecule has 0 aliphatic heterocycles. The second-order valence-electron chi connectivity index (χ2n) is 6.13. The Morgan fingerprint density at radius 1 is 1.29 bits per heavy atom. The lowest BCUT2D eigenvalue weighted by molar-refractivity contribution is -0.124. The maximum absolute atomic E-state index is 11.9. The molecule has 1 atom stereocenters. The summed E-state index contributed by atoms with van der Waals surface area (Å²) >= 11 is 0. The molecule has 0 spiro atoms. The third-order valence-electron chi connectivity index (χ3n) is 4.37. The fourth-order valence-electron chi connectivity index (χ4n) is 3.22. The van der Waals surface area contributed by atoms with Crippen molar-refractivity contribution in [1.82, 2.24) is 5.32 Å². The van der Waals surface area contributed by atoms with Gasteiger partial charge in [0, 0.05) is 6.04 Å². The molecular weight excluding hydrogens is 212 g/mol. The van der Waals surface area contributed by atoms with E-state index in [0.717, 1.165) is 25.2 Å². The molecule has 0 aromatic rings. The predicted octanol–water partition coefficient (Wildman–Crippen LogP) is 2.20. The molecule has 0 saturated heterocycles. The minimum absolute atomic E-state index is 0.0764. The molecular formula is C14H26N2O. The fraction of sp³-hybridized carbons (Fsp3) is 0.929. The third-order valence-corrected chi connectivity index (χ3v) is 4.37. The van der Waals surface area contributed by atoms with Crippen molar-refractivity contribution < 1.29 is 4.79 Å². The second kappa shape index (κ2) is 5.85. The lowest BCUT2D eigenvalue weighted by Crippen LogP contribution is -2.50. The standard InChI is InChI=1S/C14H26N2O/c1-10-7-12(8-10)16-14(17)13(15)9-11-5-3-2-4-6-11/h10-13H,2-9,15H2,1H3,(H,16,17). The number of hydrogen-bond donors (Lipinski definition) is 2. The van der Waals surface area contributed by atoms with Crippen LogP contribution >= 0.6 is 0 Å². The minimum atomic E-state index is -0.283. The van der Waals surface area contributed by atoms with E-state index < -0.39 is 0 Å². The Balaban J connectivity index is 1.67. The molecule has 2 saturated carbocycles. The van der Waals surface area contributed by atoms with Gasteiger partial charge in [0.2, 0.25) is 5.91 Å². The minimum Gasteiger partial charge on any atom is -0.352 e. The number of amides is 1. The van der Waals surface area contributed by atoms with Crippen LogP contribution < -0.4 is 11.1 Å². The molecule has 98 valence electrons. The number of carbonyl (C=O) groups is 1. The van der Waals surface area contributed by atoms with E-state index in [2.05, 4.69) is 12.2 Å². The largest absolute Gasteiger partial charge is 0.352 e. The van der Waals surface area contributed by atoms with Crippen molar-refractivity contribution in [3.05, 3.63) is 0 Å². The van der Waals surface area contributed by atoms with E-state index in [9.17, 15) is 4.79 Å². The summed E-state index contributed by atoms with van der Waals surface area (Å²) in [6, 6.07) is 0.115. The molecule has 1 unspecified atom stereocenters. The molecule has 3 N–H and O–H groups in total. The highest BCUT2D eigenvalue weighted by molar-refractivity contribution is 5.81. The van der Waals surface area contributed by atoms with E-state index in [-0.39, 0.29) is 11.9 Å². The van der Waals surface area contributed by atoms with Gasteiger partial charge in [0.1, 0.15) is 0 Å². The van der Waals surface area contributed by atoms with Crippen molar-refractivity contribution >= 4 is 5.91 Å². The lowest BCUT2D eigenvalue weighted by Gasteiger charge is -2.34. The topological polar surface area (TPSA) is 55.1 Å². The molecule has 3 heteroatoms. The Morgan fingerprint density at radius 2 is 1.94 bits per heavy atom. The van der Waals surface area contributed by atoms with Crippen LogP contribution in [0.4, 0.5) is 0 Å². The van der Waals surface area contributed by atoms with Gasteiger partial charge in [-0.2, -0.15) is 0 Å². The predicted molar refractivity (Wildman–Crippen MR) is 69.5 cm³/mol. The molecule has 2 rings (SSSR count). The zero-order valence-corrected chi connectivity index (χ0v) is 11.0. The summed E-state index contributed by atoms with van der Waals surface area (Å²) in [5.74, 6) is 1.53. The van der Waals surface area contributed by atoms with Crippen LogP contribution in [0, 0.1) is 11.8 Å². The zero-order chi connectivity index (χ0) is 12.3. The van der Waals surface area contributed by atoms with Crippen molar-refractivity contribution in [2.45, 2.75) is 70.4 Å². The highest BCUT2D eigenvalue weighted by Gasteiger charge is 2.29. The van der Waals surface area contributed by atoms with E-state index in [1.807, 2.05) is 0 Å². The molecule has 2 fully saturated rings. The summed E-state index contributed by atoms with van der Waals surface area (Å²) in [6.45, 7) is 2.23. The number of hydrogen-bond acceptors (Lipinski definition) is 2. The molecule has 2 aliphatic rings. The first-order valence-electron chi connectivity index (χ1n) is 7.21. The maximum Gasteiger partial charge on any atom is 0.237 e. The summed E-state index contributed by atoms with van der Waals surface area (Å²) in [5, 5.41) is 3.07. The quantitative estimate of drug-likeness (QED) is 0.789.